The number of benzene rings is 1. The van der Waals surface area contributed by atoms with Gasteiger partial charge < -0.3 is 15.0 Å². The Hall–Kier alpha value is -1.81. The minimum Gasteiger partial charge on any atom is -0.491 e. The number of ether oxygens (including phenoxy) is 1. The van der Waals surface area contributed by atoms with Gasteiger partial charge in [-0.2, -0.15) is 0 Å². The first-order valence-corrected chi connectivity index (χ1v) is 7.12. The molecule has 0 aliphatic rings. The van der Waals surface area contributed by atoms with E-state index >= 15 is 0 Å². The number of rotatable bonds is 6. The molecule has 0 spiro atoms. The summed E-state index contributed by atoms with van der Waals surface area (Å²) in [5.41, 5.74) is 7.38. The zero-order valence-corrected chi connectivity index (χ0v) is 12.4. The van der Waals surface area contributed by atoms with Crippen LogP contribution in [0.2, 0.25) is 0 Å². The average Bonchev–Trinajstić information content (AvgIpc) is 2.85. The van der Waals surface area contributed by atoms with E-state index in [0.29, 0.717) is 0 Å². The molecule has 2 aromatic rings. The zero-order chi connectivity index (χ0) is 14.5. The van der Waals surface area contributed by atoms with E-state index in [0.717, 1.165) is 30.1 Å². The second kappa shape index (κ2) is 6.57. The van der Waals surface area contributed by atoms with Crippen LogP contribution in [0.15, 0.2) is 36.7 Å². The van der Waals surface area contributed by atoms with Gasteiger partial charge in [-0.15, -0.1) is 0 Å². The highest BCUT2D eigenvalue weighted by Gasteiger charge is 2.12. The largest absolute Gasteiger partial charge is 0.491 e. The summed E-state index contributed by atoms with van der Waals surface area (Å²) in [7, 11) is 0. The number of imidazole rings is 1. The lowest BCUT2D eigenvalue weighted by atomic mass is 10.0. The second-order valence-corrected chi connectivity index (χ2v) is 5.18. The monoisotopic (exact) mass is 273 g/mol. The van der Waals surface area contributed by atoms with E-state index in [2.05, 4.69) is 16.5 Å². The lowest BCUT2D eigenvalue weighted by molar-refractivity contribution is 0.242. The molecule has 1 atom stereocenters. The topological polar surface area (TPSA) is 53.1 Å². The van der Waals surface area contributed by atoms with Crippen LogP contribution in [0.25, 0.3) is 0 Å². The molecule has 4 nitrogen and oxygen atoms in total. The van der Waals surface area contributed by atoms with Crippen molar-refractivity contribution in [3.63, 3.8) is 0 Å². The third-order valence-corrected chi connectivity index (χ3v) is 3.20. The Labute approximate surface area is 120 Å². The van der Waals surface area contributed by atoms with Crippen LogP contribution in [-0.4, -0.2) is 15.7 Å². The van der Waals surface area contributed by atoms with Gasteiger partial charge in [0.05, 0.1) is 6.10 Å². The number of nitrogens with two attached hydrogens (primary N) is 1. The minimum atomic E-state index is -0.0709. The van der Waals surface area contributed by atoms with Gasteiger partial charge >= 0.3 is 0 Å². The lowest BCUT2D eigenvalue weighted by Gasteiger charge is -2.15. The first-order valence-electron chi connectivity index (χ1n) is 7.12. The van der Waals surface area contributed by atoms with Crippen molar-refractivity contribution in [3.05, 3.63) is 48.0 Å². The molecule has 1 unspecified atom stereocenters. The molecule has 2 rings (SSSR count). The number of nitrogens with zero attached hydrogens (tertiary/aromatic N) is 2. The van der Waals surface area contributed by atoms with Gasteiger partial charge in [0.2, 0.25) is 0 Å². The van der Waals surface area contributed by atoms with Crippen LogP contribution in [-0.2, 0) is 13.0 Å². The Morgan fingerprint density at radius 2 is 2.15 bits per heavy atom. The van der Waals surface area contributed by atoms with Gasteiger partial charge in [-0.1, -0.05) is 12.1 Å². The molecule has 0 saturated heterocycles. The summed E-state index contributed by atoms with van der Waals surface area (Å²) in [6, 6.07) is 7.93. The minimum absolute atomic E-state index is 0.0709. The molecule has 0 fully saturated rings. The van der Waals surface area contributed by atoms with Gasteiger partial charge in [0.15, 0.2) is 0 Å². The molecule has 0 bridgehead atoms. The fourth-order valence-electron chi connectivity index (χ4n) is 2.22. The Balaban J connectivity index is 2.10. The van der Waals surface area contributed by atoms with Crippen molar-refractivity contribution in [1.29, 1.82) is 0 Å². The Kier molecular flexibility index (Phi) is 4.79. The predicted molar refractivity (Wildman–Crippen MR) is 80.7 cm³/mol. The summed E-state index contributed by atoms with van der Waals surface area (Å²) in [6.07, 6.45) is 4.70. The predicted octanol–water partition coefficient (Wildman–Crippen LogP) is 2.93. The molecule has 20 heavy (non-hydrogen) atoms. The fraction of sp³-hybridized carbons (Fsp3) is 0.438. The number of aromatic nitrogens is 2. The van der Waals surface area contributed by atoms with Crippen LogP contribution >= 0.6 is 0 Å². The van der Waals surface area contributed by atoms with Crippen molar-refractivity contribution in [1.82, 2.24) is 9.55 Å². The molecule has 0 aliphatic heterocycles. The van der Waals surface area contributed by atoms with E-state index in [-0.39, 0.29) is 12.1 Å². The quantitative estimate of drug-likeness (QED) is 0.880. The molecule has 0 amide bonds. The molecular formula is C16H23N3O. The Bertz CT molecular complexity index is 548. The Morgan fingerprint density at radius 3 is 2.85 bits per heavy atom. The van der Waals surface area contributed by atoms with E-state index in [1.54, 1.807) is 0 Å². The fourth-order valence-corrected chi connectivity index (χ4v) is 2.22. The molecule has 0 saturated carbocycles. The maximum absolute atomic E-state index is 6.30. The van der Waals surface area contributed by atoms with Gasteiger partial charge in [-0.3, -0.25) is 0 Å². The molecule has 108 valence electrons. The van der Waals surface area contributed by atoms with Crippen molar-refractivity contribution >= 4 is 0 Å². The highest BCUT2D eigenvalue weighted by atomic mass is 16.5. The highest BCUT2D eigenvalue weighted by Crippen LogP contribution is 2.21. The smallest absolute Gasteiger partial charge is 0.120 e. The number of hydrogen-bond donors (Lipinski definition) is 1. The molecule has 2 N–H and O–H groups in total. The van der Waals surface area contributed by atoms with Gasteiger partial charge in [-0.25, -0.2) is 4.98 Å². The van der Waals surface area contributed by atoms with Crippen molar-refractivity contribution in [2.24, 2.45) is 5.73 Å². The van der Waals surface area contributed by atoms with E-state index in [9.17, 15) is 0 Å². The van der Waals surface area contributed by atoms with Crippen molar-refractivity contribution in [2.45, 2.75) is 45.9 Å². The van der Waals surface area contributed by atoms with Crippen LogP contribution in [0.5, 0.6) is 5.75 Å². The summed E-state index contributed by atoms with van der Waals surface area (Å²) >= 11 is 0. The average molecular weight is 273 g/mol. The maximum Gasteiger partial charge on any atom is 0.120 e. The van der Waals surface area contributed by atoms with E-state index in [1.165, 1.54) is 0 Å². The molecule has 1 aromatic heterocycles. The van der Waals surface area contributed by atoms with Crippen LogP contribution in [0.4, 0.5) is 0 Å². The van der Waals surface area contributed by atoms with Crippen LogP contribution in [0, 0.1) is 0 Å². The third-order valence-electron chi connectivity index (χ3n) is 3.20. The normalized spacial score (nSPS) is 12.7. The van der Waals surface area contributed by atoms with Crippen molar-refractivity contribution in [2.75, 3.05) is 0 Å². The van der Waals surface area contributed by atoms with E-state index in [4.69, 9.17) is 10.5 Å². The van der Waals surface area contributed by atoms with E-state index in [1.807, 2.05) is 50.5 Å². The summed E-state index contributed by atoms with van der Waals surface area (Å²) in [5, 5.41) is 0. The summed E-state index contributed by atoms with van der Waals surface area (Å²) < 4.78 is 7.83. The van der Waals surface area contributed by atoms with Crippen molar-refractivity contribution in [3.8, 4) is 5.75 Å². The first kappa shape index (κ1) is 14.6. The number of hydrogen-bond acceptors (Lipinski definition) is 3. The lowest BCUT2D eigenvalue weighted by Crippen LogP contribution is -2.16. The molecule has 0 radical (unpaired) electrons. The maximum atomic E-state index is 6.30. The van der Waals surface area contributed by atoms with Crippen LogP contribution in [0.3, 0.4) is 0 Å². The SMILES string of the molecule is CCn1ccnc1CC(N)c1cccc(OC(C)C)c1. The standard InChI is InChI=1S/C16H23N3O/c1-4-19-9-8-18-16(19)11-15(17)13-6-5-7-14(10-13)20-12(2)3/h5-10,12,15H,4,11,17H2,1-3H3. The van der Waals surface area contributed by atoms with Crippen LogP contribution in [0.1, 0.15) is 38.2 Å². The molecule has 1 heterocycles. The number of aryl methyl sites for hydroxylation is 1. The van der Waals surface area contributed by atoms with Crippen molar-refractivity contribution < 1.29 is 4.74 Å². The van der Waals surface area contributed by atoms with Gasteiger partial charge in [0.25, 0.3) is 0 Å². The summed E-state index contributed by atoms with van der Waals surface area (Å²) in [6.45, 7) is 7.06. The summed E-state index contributed by atoms with van der Waals surface area (Å²) in [4.78, 5) is 4.38. The molecule has 1 aromatic carbocycles. The van der Waals surface area contributed by atoms with Crippen LogP contribution < -0.4 is 10.5 Å². The van der Waals surface area contributed by atoms with Gasteiger partial charge in [-0.05, 0) is 38.5 Å². The second-order valence-electron chi connectivity index (χ2n) is 5.18. The van der Waals surface area contributed by atoms with Gasteiger partial charge in [0.1, 0.15) is 11.6 Å². The Morgan fingerprint density at radius 1 is 1.35 bits per heavy atom. The highest BCUT2D eigenvalue weighted by molar-refractivity contribution is 5.31. The molecule has 0 aliphatic carbocycles. The summed E-state index contributed by atoms with van der Waals surface area (Å²) in [5.74, 6) is 1.89. The zero-order valence-electron chi connectivity index (χ0n) is 12.4. The molecular weight excluding hydrogens is 250 g/mol. The third kappa shape index (κ3) is 3.61. The molecule has 4 heteroatoms. The van der Waals surface area contributed by atoms with E-state index < -0.39 is 0 Å². The first-order chi connectivity index (χ1) is 9.60. The van der Waals surface area contributed by atoms with Gasteiger partial charge in [0, 0.05) is 31.4 Å².